The van der Waals surface area contributed by atoms with E-state index in [0.29, 0.717) is 17.0 Å². The summed E-state index contributed by atoms with van der Waals surface area (Å²) in [6.45, 7) is 3.26. The average Bonchev–Trinajstić information content (AvgIpc) is 3.20. The molecule has 2 saturated heterocycles. The SMILES string of the molecule is N#Cc1cc2cc(C(=O)NC3CN4CCC3C4)ccn2c1. The topological polar surface area (TPSA) is 60.5 Å². The van der Waals surface area contributed by atoms with Gasteiger partial charge in [0.25, 0.3) is 5.91 Å². The van der Waals surface area contributed by atoms with E-state index in [0.717, 1.165) is 18.6 Å². The summed E-state index contributed by atoms with van der Waals surface area (Å²) < 4.78 is 1.86. The first kappa shape index (κ1) is 12.4. The predicted octanol–water partition coefficient (Wildman–Crippen LogP) is 1.24. The number of aromatic nitrogens is 1. The molecule has 2 bridgehead atoms. The molecule has 2 fully saturated rings. The van der Waals surface area contributed by atoms with Crippen LogP contribution in [-0.4, -0.2) is 40.9 Å². The molecule has 5 nitrogen and oxygen atoms in total. The molecule has 1 amide bonds. The van der Waals surface area contributed by atoms with E-state index in [1.54, 1.807) is 18.3 Å². The highest BCUT2D eigenvalue weighted by Gasteiger charge is 2.38. The molecule has 4 heterocycles. The van der Waals surface area contributed by atoms with Gasteiger partial charge in [0.15, 0.2) is 0 Å². The molecule has 2 aliphatic rings. The first-order valence-electron chi connectivity index (χ1n) is 7.28. The van der Waals surface area contributed by atoms with Crippen molar-refractivity contribution >= 4 is 11.4 Å². The summed E-state index contributed by atoms with van der Waals surface area (Å²) in [5.41, 5.74) is 2.13. The van der Waals surface area contributed by atoms with Gasteiger partial charge < -0.3 is 14.6 Å². The van der Waals surface area contributed by atoms with Crippen LogP contribution in [0.1, 0.15) is 22.3 Å². The van der Waals surface area contributed by atoms with Gasteiger partial charge in [-0.3, -0.25) is 4.79 Å². The van der Waals surface area contributed by atoms with Crippen LogP contribution in [0.2, 0.25) is 0 Å². The number of nitrogens with one attached hydrogen (secondary N) is 1. The first-order chi connectivity index (χ1) is 10.2. The van der Waals surface area contributed by atoms with E-state index in [4.69, 9.17) is 5.26 Å². The van der Waals surface area contributed by atoms with E-state index in [1.807, 2.05) is 16.7 Å². The lowest BCUT2D eigenvalue weighted by molar-refractivity contribution is 0.0924. The van der Waals surface area contributed by atoms with Crippen molar-refractivity contribution in [2.24, 2.45) is 5.92 Å². The number of pyridine rings is 1. The molecule has 0 radical (unpaired) electrons. The molecule has 2 aliphatic heterocycles. The number of amides is 1. The molecule has 0 saturated carbocycles. The van der Waals surface area contributed by atoms with E-state index in [9.17, 15) is 4.79 Å². The molecule has 3 atom stereocenters. The number of rotatable bonds is 2. The smallest absolute Gasteiger partial charge is 0.251 e. The maximum Gasteiger partial charge on any atom is 0.251 e. The van der Waals surface area contributed by atoms with Gasteiger partial charge in [0.1, 0.15) is 6.07 Å². The molecule has 0 aliphatic carbocycles. The van der Waals surface area contributed by atoms with Gasteiger partial charge >= 0.3 is 0 Å². The number of nitrogens with zero attached hydrogens (tertiary/aromatic N) is 3. The second kappa shape index (κ2) is 4.61. The highest BCUT2D eigenvalue weighted by molar-refractivity contribution is 5.95. The van der Waals surface area contributed by atoms with Crippen LogP contribution >= 0.6 is 0 Å². The van der Waals surface area contributed by atoms with Crippen molar-refractivity contribution < 1.29 is 4.79 Å². The monoisotopic (exact) mass is 280 g/mol. The van der Waals surface area contributed by atoms with Gasteiger partial charge in [-0.2, -0.15) is 5.26 Å². The van der Waals surface area contributed by atoms with E-state index < -0.39 is 0 Å². The highest BCUT2D eigenvalue weighted by Crippen LogP contribution is 2.27. The Morgan fingerprint density at radius 2 is 2.29 bits per heavy atom. The van der Waals surface area contributed by atoms with Gasteiger partial charge in [0, 0.05) is 42.6 Å². The molecule has 4 rings (SSSR count). The minimum atomic E-state index is -0.0176. The first-order valence-corrected chi connectivity index (χ1v) is 7.28. The van der Waals surface area contributed by atoms with Crippen LogP contribution in [0.3, 0.4) is 0 Å². The lowest BCUT2D eigenvalue weighted by Crippen LogP contribution is -2.43. The van der Waals surface area contributed by atoms with Gasteiger partial charge in [-0.05, 0) is 37.1 Å². The summed E-state index contributed by atoms with van der Waals surface area (Å²) in [6, 6.07) is 7.83. The van der Waals surface area contributed by atoms with Gasteiger partial charge in [0.05, 0.1) is 5.56 Å². The zero-order valence-electron chi connectivity index (χ0n) is 11.6. The number of nitriles is 1. The summed E-state index contributed by atoms with van der Waals surface area (Å²) in [7, 11) is 0. The van der Waals surface area contributed by atoms with Gasteiger partial charge in [-0.15, -0.1) is 0 Å². The zero-order valence-corrected chi connectivity index (χ0v) is 11.6. The van der Waals surface area contributed by atoms with Crippen LogP contribution in [0.25, 0.3) is 5.52 Å². The molecular weight excluding hydrogens is 264 g/mol. The molecule has 106 valence electrons. The van der Waals surface area contributed by atoms with Crippen LogP contribution in [0.15, 0.2) is 30.6 Å². The maximum atomic E-state index is 12.4. The number of carbonyl (C=O) groups excluding carboxylic acids is 1. The third-order valence-electron chi connectivity index (χ3n) is 4.64. The van der Waals surface area contributed by atoms with Crippen LogP contribution in [-0.2, 0) is 0 Å². The van der Waals surface area contributed by atoms with Crippen molar-refractivity contribution in [1.82, 2.24) is 14.6 Å². The highest BCUT2D eigenvalue weighted by atomic mass is 16.1. The quantitative estimate of drug-likeness (QED) is 0.900. The van der Waals surface area contributed by atoms with Crippen molar-refractivity contribution in [3.63, 3.8) is 0 Å². The minimum absolute atomic E-state index is 0.0176. The van der Waals surface area contributed by atoms with Crippen molar-refractivity contribution in [2.75, 3.05) is 19.6 Å². The second-order valence-corrected chi connectivity index (χ2v) is 5.98. The predicted molar refractivity (Wildman–Crippen MR) is 77.9 cm³/mol. The minimum Gasteiger partial charge on any atom is -0.348 e. The van der Waals surface area contributed by atoms with Crippen LogP contribution < -0.4 is 5.32 Å². The fourth-order valence-electron chi connectivity index (χ4n) is 3.51. The van der Waals surface area contributed by atoms with Crippen molar-refractivity contribution in [3.8, 4) is 6.07 Å². The maximum absolute atomic E-state index is 12.4. The Hall–Kier alpha value is -2.32. The van der Waals surface area contributed by atoms with Crippen LogP contribution in [0.5, 0.6) is 0 Å². The molecule has 0 aromatic carbocycles. The molecule has 1 N–H and O–H groups in total. The molecule has 2 aromatic heterocycles. The summed E-state index contributed by atoms with van der Waals surface area (Å²) in [6.07, 6.45) is 4.78. The Morgan fingerprint density at radius 1 is 1.38 bits per heavy atom. The summed E-state index contributed by atoms with van der Waals surface area (Å²) >= 11 is 0. The second-order valence-electron chi connectivity index (χ2n) is 5.98. The number of fused-ring (bicyclic) bond motifs is 3. The van der Waals surface area contributed by atoms with E-state index in [2.05, 4.69) is 16.3 Å². The number of piperidine rings is 1. The molecular formula is C16H16N4O. The molecule has 2 aromatic rings. The average molecular weight is 280 g/mol. The Kier molecular flexibility index (Phi) is 2.72. The van der Waals surface area contributed by atoms with Gasteiger partial charge in [-0.25, -0.2) is 0 Å². The van der Waals surface area contributed by atoms with Crippen molar-refractivity contribution in [3.05, 3.63) is 41.7 Å². The number of hydrogen-bond donors (Lipinski definition) is 1. The normalized spacial score (nSPS) is 26.9. The fourth-order valence-corrected chi connectivity index (χ4v) is 3.51. The fraction of sp³-hybridized carbons (Fsp3) is 0.375. The Balaban J connectivity index is 1.55. The standard InChI is InChI=1S/C16H16N4O/c17-7-11-5-14-6-12(2-4-20(14)8-11)16(21)18-15-10-19-3-1-13(15)9-19/h2,4-6,8,13,15H,1,3,9-10H2,(H,18,21). The Bertz CT molecular complexity index is 757. The van der Waals surface area contributed by atoms with Crippen molar-refractivity contribution in [2.45, 2.75) is 12.5 Å². The third kappa shape index (κ3) is 2.08. The van der Waals surface area contributed by atoms with E-state index in [-0.39, 0.29) is 11.9 Å². The summed E-state index contributed by atoms with van der Waals surface area (Å²) in [5, 5.41) is 12.1. The van der Waals surface area contributed by atoms with Crippen LogP contribution in [0.4, 0.5) is 0 Å². The third-order valence-corrected chi connectivity index (χ3v) is 4.64. The van der Waals surface area contributed by atoms with E-state index >= 15 is 0 Å². The van der Waals surface area contributed by atoms with Gasteiger partial charge in [-0.1, -0.05) is 0 Å². The van der Waals surface area contributed by atoms with Gasteiger partial charge in [0.2, 0.25) is 0 Å². The zero-order chi connectivity index (χ0) is 14.4. The molecule has 5 heteroatoms. The lowest BCUT2D eigenvalue weighted by Gasteiger charge is -2.23. The Labute approximate surface area is 122 Å². The number of hydrogen-bond acceptors (Lipinski definition) is 3. The summed E-state index contributed by atoms with van der Waals surface area (Å²) in [4.78, 5) is 14.8. The van der Waals surface area contributed by atoms with Crippen molar-refractivity contribution in [1.29, 1.82) is 5.26 Å². The van der Waals surface area contributed by atoms with E-state index in [1.165, 1.54) is 13.0 Å². The number of carbonyl (C=O) groups is 1. The van der Waals surface area contributed by atoms with Crippen LogP contribution in [0, 0.1) is 17.2 Å². The summed E-state index contributed by atoms with van der Waals surface area (Å²) in [5.74, 6) is 0.590. The molecule has 0 spiro atoms. The largest absolute Gasteiger partial charge is 0.348 e. The molecule has 21 heavy (non-hydrogen) atoms. The molecule has 3 unspecified atom stereocenters. The lowest BCUT2D eigenvalue weighted by atomic mass is 10.00. The Morgan fingerprint density at radius 3 is 3.00 bits per heavy atom.